The summed E-state index contributed by atoms with van der Waals surface area (Å²) in [5, 5.41) is 12.5. The van der Waals surface area contributed by atoms with E-state index in [-0.39, 0.29) is 0 Å². The van der Waals surface area contributed by atoms with E-state index in [1.807, 2.05) is 32.0 Å². The van der Waals surface area contributed by atoms with Crippen molar-refractivity contribution in [3.8, 4) is 11.1 Å². The van der Waals surface area contributed by atoms with Gasteiger partial charge in [0, 0.05) is 34.6 Å². The molecule has 2 aromatic heterocycles. The Bertz CT molecular complexity index is 925. The van der Waals surface area contributed by atoms with E-state index in [1.54, 1.807) is 18.3 Å². The molecule has 23 heavy (non-hydrogen) atoms. The Morgan fingerprint density at radius 2 is 1.96 bits per heavy atom. The van der Waals surface area contributed by atoms with Gasteiger partial charge < -0.3 is 5.11 Å². The van der Waals surface area contributed by atoms with Crippen molar-refractivity contribution in [2.24, 2.45) is 0 Å². The summed E-state index contributed by atoms with van der Waals surface area (Å²) in [5.74, 6) is 0. The average molecular weight is 328 g/mol. The van der Waals surface area contributed by atoms with E-state index >= 15 is 0 Å². The van der Waals surface area contributed by atoms with Crippen LogP contribution in [0.1, 0.15) is 11.3 Å². The molecule has 0 saturated carbocycles. The lowest BCUT2D eigenvalue weighted by Gasteiger charge is -2.12. The molecule has 2 heterocycles. The average Bonchev–Trinajstić information content (AvgIpc) is 2.48. The molecule has 0 fully saturated rings. The molecule has 1 amide bonds. The molecule has 3 rings (SSSR count). The van der Waals surface area contributed by atoms with Crippen LogP contribution in [0.4, 0.5) is 10.5 Å². The summed E-state index contributed by atoms with van der Waals surface area (Å²) in [5.41, 5.74) is 5.05. The van der Waals surface area contributed by atoms with Gasteiger partial charge in [0.25, 0.3) is 0 Å². The molecule has 1 aromatic carbocycles. The fourth-order valence-corrected chi connectivity index (χ4v) is 2.68. The minimum absolute atomic E-state index is 0.404. The summed E-state index contributed by atoms with van der Waals surface area (Å²) in [6, 6.07) is 9.14. The van der Waals surface area contributed by atoms with Gasteiger partial charge in [-0.05, 0) is 43.2 Å². The third-order valence-electron chi connectivity index (χ3n) is 3.64. The molecule has 2 N–H and O–H groups in total. The van der Waals surface area contributed by atoms with Crippen molar-refractivity contribution in [3.05, 3.63) is 52.9 Å². The molecule has 0 saturated heterocycles. The second kappa shape index (κ2) is 5.85. The molecular weight excluding hydrogens is 314 g/mol. The molecule has 0 atom stereocenters. The molecular formula is C17H14ClN3O2. The van der Waals surface area contributed by atoms with E-state index in [9.17, 15) is 4.79 Å². The topological polar surface area (TPSA) is 75.1 Å². The zero-order chi connectivity index (χ0) is 16.6. The molecule has 0 aliphatic carbocycles. The first-order valence-corrected chi connectivity index (χ1v) is 7.36. The molecule has 0 unspecified atom stereocenters. The Kier molecular flexibility index (Phi) is 3.88. The zero-order valence-corrected chi connectivity index (χ0v) is 13.3. The third-order valence-corrected chi connectivity index (χ3v) is 3.84. The Labute approximate surface area is 138 Å². The van der Waals surface area contributed by atoms with Crippen LogP contribution in [0.3, 0.4) is 0 Å². The lowest BCUT2D eigenvalue weighted by molar-refractivity contribution is 0.210. The number of fused-ring (bicyclic) bond motifs is 1. The minimum atomic E-state index is -1.09. The predicted molar refractivity (Wildman–Crippen MR) is 91.1 cm³/mol. The predicted octanol–water partition coefficient (Wildman–Crippen LogP) is 4.66. The first kappa shape index (κ1) is 15.2. The fourth-order valence-electron chi connectivity index (χ4n) is 2.53. The summed E-state index contributed by atoms with van der Waals surface area (Å²) in [6.45, 7) is 3.89. The summed E-state index contributed by atoms with van der Waals surface area (Å²) >= 11 is 5.91. The van der Waals surface area contributed by atoms with Gasteiger partial charge in [0.1, 0.15) is 5.15 Å². The zero-order valence-electron chi connectivity index (χ0n) is 12.6. The Hall–Kier alpha value is -2.66. The number of anilines is 1. The highest BCUT2D eigenvalue weighted by Gasteiger charge is 2.11. The summed E-state index contributed by atoms with van der Waals surface area (Å²) in [6.07, 6.45) is 0.592. The van der Waals surface area contributed by atoms with E-state index < -0.39 is 6.09 Å². The second-order valence-corrected chi connectivity index (χ2v) is 5.67. The van der Waals surface area contributed by atoms with Gasteiger partial charge >= 0.3 is 6.09 Å². The number of nitrogens with one attached hydrogen (secondary N) is 1. The fraction of sp³-hybridized carbons (Fsp3) is 0.118. The van der Waals surface area contributed by atoms with Crippen molar-refractivity contribution in [2.75, 3.05) is 5.32 Å². The van der Waals surface area contributed by atoms with Crippen molar-refractivity contribution < 1.29 is 9.90 Å². The highest BCUT2D eigenvalue weighted by molar-refractivity contribution is 6.30. The normalized spacial score (nSPS) is 10.7. The lowest BCUT2D eigenvalue weighted by Crippen LogP contribution is -2.07. The highest BCUT2D eigenvalue weighted by atomic mass is 35.5. The summed E-state index contributed by atoms with van der Waals surface area (Å²) < 4.78 is 0. The lowest BCUT2D eigenvalue weighted by atomic mass is 9.97. The van der Waals surface area contributed by atoms with Crippen LogP contribution < -0.4 is 5.32 Å². The number of rotatable bonds is 2. The van der Waals surface area contributed by atoms with Gasteiger partial charge in [-0.15, -0.1) is 0 Å². The van der Waals surface area contributed by atoms with Crippen molar-refractivity contribution in [2.45, 2.75) is 13.8 Å². The van der Waals surface area contributed by atoms with Crippen LogP contribution in [0, 0.1) is 13.8 Å². The Morgan fingerprint density at radius 1 is 1.17 bits per heavy atom. The van der Waals surface area contributed by atoms with Crippen LogP contribution in [-0.2, 0) is 0 Å². The van der Waals surface area contributed by atoms with Crippen molar-refractivity contribution in [3.63, 3.8) is 0 Å². The van der Waals surface area contributed by atoms with Crippen LogP contribution in [-0.4, -0.2) is 21.2 Å². The molecule has 6 heteroatoms. The molecule has 116 valence electrons. The summed E-state index contributed by atoms with van der Waals surface area (Å²) in [4.78, 5) is 19.5. The number of amides is 1. The first-order chi connectivity index (χ1) is 10.9. The number of benzene rings is 1. The van der Waals surface area contributed by atoms with Crippen LogP contribution in [0.15, 0.2) is 36.5 Å². The second-order valence-electron chi connectivity index (χ2n) is 5.28. The van der Waals surface area contributed by atoms with E-state index in [4.69, 9.17) is 16.7 Å². The molecule has 0 aliphatic heterocycles. The SMILES string of the molecule is Cc1ccc(NC(=O)O)cc1-c1cc2cnc(Cl)cc2nc1C. The maximum absolute atomic E-state index is 10.8. The molecule has 3 aromatic rings. The largest absolute Gasteiger partial charge is 0.465 e. The number of carbonyl (C=O) groups is 1. The van der Waals surface area contributed by atoms with Gasteiger partial charge in [-0.25, -0.2) is 9.78 Å². The number of halogens is 1. The number of aryl methyl sites for hydroxylation is 2. The van der Waals surface area contributed by atoms with Crippen molar-refractivity contribution >= 4 is 34.3 Å². The number of hydrogen-bond acceptors (Lipinski definition) is 3. The molecule has 0 radical (unpaired) electrons. The van der Waals surface area contributed by atoms with Crippen LogP contribution in [0.5, 0.6) is 0 Å². The maximum Gasteiger partial charge on any atom is 0.409 e. The summed E-state index contributed by atoms with van der Waals surface area (Å²) in [7, 11) is 0. The van der Waals surface area contributed by atoms with Gasteiger partial charge in [0.2, 0.25) is 0 Å². The molecule has 0 spiro atoms. The van der Waals surface area contributed by atoms with Gasteiger partial charge in [0.15, 0.2) is 0 Å². The van der Waals surface area contributed by atoms with Crippen LogP contribution >= 0.6 is 11.6 Å². The van der Waals surface area contributed by atoms with E-state index in [0.717, 1.165) is 33.3 Å². The highest BCUT2D eigenvalue weighted by Crippen LogP contribution is 2.31. The van der Waals surface area contributed by atoms with Gasteiger partial charge in [-0.3, -0.25) is 10.3 Å². The quantitative estimate of drug-likeness (QED) is 0.671. The Balaban J connectivity index is 2.17. The minimum Gasteiger partial charge on any atom is -0.465 e. The van der Waals surface area contributed by atoms with E-state index in [0.29, 0.717) is 10.8 Å². The standard InChI is InChI=1S/C17H14ClN3O2/c1-9-3-4-12(21-17(22)23)6-13(9)14-5-11-8-19-16(18)7-15(11)20-10(14)2/h3-8,21H,1-2H3,(H,22,23). The number of carboxylic acid groups (broad SMARTS) is 1. The molecule has 0 aliphatic rings. The number of pyridine rings is 2. The number of aromatic nitrogens is 2. The Morgan fingerprint density at radius 3 is 2.70 bits per heavy atom. The molecule has 5 nitrogen and oxygen atoms in total. The van der Waals surface area contributed by atoms with E-state index in [2.05, 4.69) is 15.3 Å². The van der Waals surface area contributed by atoms with Gasteiger partial charge in [-0.2, -0.15) is 0 Å². The first-order valence-electron chi connectivity index (χ1n) is 6.98. The number of nitrogens with zero attached hydrogens (tertiary/aromatic N) is 2. The molecule has 0 bridgehead atoms. The van der Waals surface area contributed by atoms with Crippen LogP contribution in [0.25, 0.3) is 22.0 Å². The smallest absolute Gasteiger partial charge is 0.409 e. The van der Waals surface area contributed by atoms with E-state index in [1.165, 1.54) is 0 Å². The van der Waals surface area contributed by atoms with Crippen molar-refractivity contribution in [1.82, 2.24) is 9.97 Å². The monoisotopic (exact) mass is 327 g/mol. The van der Waals surface area contributed by atoms with Crippen LogP contribution in [0.2, 0.25) is 5.15 Å². The number of hydrogen-bond donors (Lipinski definition) is 2. The van der Waals surface area contributed by atoms with Gasteiger partial charge in [-0.1, -0.05) is 17.7 Å². The third kappa shape index (κ3) is 3.10. The van der Waals surface area contributed by atoms with Gasteiger partial charge in [0.05, 0.1) is 5.52 Å². The maximum atomic E-state index is 10.8. The van der Waals surface area contributed by atoms with Crippen molar-refractivity contribution in [1.29, 1.82) is 0 Å².